The maximum absolute atomic E-state index is 4.91. The zero-order valence-electron chi connectivity index (χ0n) is 19.8. The third-order valence-corrected chi connectivity index (χ3v) is 5.58. The van der Waals surface area contributed by atoms with Crippen molar-refractivity contribution in [2.24, 2.45) is 4.99 Å². The molecular weight excluding hydrogens is 507 g/mol. The molecule has 28 heavy (non-hydrogen) atoms. The number of para-hydroxylation sites is 1. The zero-order valence-corrected chi connectivity index (χ0v) is 23.4. The van der Waals surface area contributed by atoms with Crippen LogP contribution in [0.4, 0.5) is 5.69 Å². The summed E-state index contributed by atoms with van der Waals surface area (Å²) in [6, 6.07) is 6.72. The Morgan fingerprint density at radius 2 is 1.43 bits per heavy atom. The van der Waals surface area contributed by atoms with E-state index in [2.05, 4.69) is 78.9 Å². The van der Waals surface area contributed by atoms with E-state index in [9.17, 15) is 0 Å². The molecule has 0 heterocycles. The number of aliphatic imine (C=N–C) groups is 1. The third-order valence-electron chi connectivity index (χ3n) is 5.58. The largest absolute Gasteiger partial charge is 0.374 e. The Morgan fingerprint density at radius 1 is 0.929 bits per heavy atom. The van der Waals surface area contributed by atoms with Crippen molar-refractivity contribution in [1.82, 2.24) is 0 Å². The van der Waals surface area contributed by atoms with Gasteiger partial charge in [-0.1, -0.05) is 84.9 Å². The van der Waals surface area contributed by atoms with E-state index in [-0.39, 0.29) is 31.4 Å². The van der Waals surface area contributed by atoms with Gasteiger partial charge in [-0.15, -0.1) is 0 Å². The number of benzene rings is 1. The van der Waals surface area contributed by atoms with Gasteiger partial charge in [-0.3, -0.25) is 4.99 Å². The second-order valence-corrected chi connectivity index (χ2v) is 9.11. The van der Waals surface area contributed by atoms with Gasteiger partial charge < -0.3 is 5.32 Å². The maximum atomic E-state index is 4.91. The van der Waals surface area contributed by atoms with Crippen LogP contribution in [0.1, 0.15) is 117 Å². The molecule has 2 nitrogen and oxygen atoms in total. The van der Waals surface area contributed by atoms with Gasteiger partial charge in [-0.05, 0) is 50.2 Å². The smallest absolute Gasteiger partial charge is 0.0693 e. The van der Waals surface area contributed by atoms with Crippen molar-refractivity contribution in [2.45, 2.75) is 111 Å². The Labute approximate surface area is 194 Å². The molecule has 3 heteroatoms. The summed E-state index contributed by atoms with van der Waals surface area (Å²) in [4.78, 5) is 4.91. The monoisotopic (exact) mass is 552 g/mol. The van der Waals surface area contributed by atoms with Gasteiger partial charge in [0.15, 0.2) is 0 Å². The molecule has 0 aromatic heterocycles. The summed E-state index contributed by atoms with van der Waals surface area (Å²) < 4.78 is 0. The number of anilines is 1. The van der Waals surface area contributed by atoms with E-state index in [0.717, 1.165) is 6.54 Å². The van der Waals surface area contributed by atoms with Crippen LogP contribution in [0.5, 0.6) is 0 Å². The maximum Gasteiger partial charge on any atom is 0.0693 e. The quantitative estimate of drug-likeness (QED) is 0.159. The fraction of sp³-hybridized carbons (Fsp3) is 0.720. The molecule has 0 atom stereocenters. The minimum Gasteiger partial charge on any atom is -0.374 e. The van der Waals surface area contributed by atoms with Crippen LogP contribution >= 0.6 is 0 Å². The molecule has 0 saturated heterocycles. The predicted molar refractivity (Wildman–Crippen MR) is 124 cm³/mol. The second kappa shape index (κ2) is 13.7. The van der Waals surface area contributed by atoms with Crippen molar-refractivity contribution in [3.8, 4) is 0 Å². The SMILES string of the molecule is CCCCCCCC/N=C(\C)C(C)(C)Nc1c(C(C)C)cccc1C(C)C.[Hf]. The topological polar surface area (TPSA) is 24.4 Å². The molecule has 0 radical (unpaired) electrons. The fourth-order valence-electron chi connectivity index (χ4n) is 3.43. The van der Waals surface area contributed by atoms with E-state index < -0.39 is 0 Å². The molecular formula is C25H44HfN2. The van der Waals surface area contributed by atoms with Gasteiger partial charge >= 0.3 is 0 Å². The summed E-state index contributed by atoms with van der Waals surface area (Å²) >= 11 is 0. The van der Waals surface area contributed by atoms with Crippen LogP contribution in [0.3, 0.4) is 0 Å². The summed E-state index contributed by atoms with van der Waals surface area (Å²) in [5, 5.41) is 3.86. The fourth-order valence-corrected chi connectivity index (χ4v) is 3.43. The number of rotatable bonds is 12. The molecule has 158 valence electrons. The van der Waals surface area contributed by atoms with E-state index in [1.54, 1.807) is 0 Å². The van der Waals surface area contributed by atoms with Crippen LogP contribution in [-0.2, 0) is 25.8 Å². The first-order valence-corrected chi connectivity index (χ1v) is 11.1. The number of nitrogens with zero attached hydrogens (tertiary/aromatic N) is 1. The van der Waals surface area contributed by atoms with Crippen molar-refractivity contribution in [2.75, 3.05) is 11.9 Å². The summed E-state index contributed by atoms with van der Waals surface area (Å²) in [6.45, 7) is 19.0. The van der Waals surface area contributed by atoms with Crippen LogP contribution in [0.25, 0.3) is 0 Å². The average Bonchev–Trinajstić information content (AvgIpc) is 2.60. The van der Waals surface area contributed by atoms with E-state index in [1.165, 1.54) is 61.1 Å². The number of unbranched alkanes of at least 4 members (excludes halogenated alkanes) is 5. The Bertz CT molecular complexity index is 562. The van der Waals surface area contributed by atoms with Crippen molar-refractivity contribution >= 4 is 11.4 Å². The summed E-state index contributed by atoms with van der Waals surface area (Å²) in [5.74, 6) is 1.00. The van der Waals surface area contributed by atoms with Gasteiger partial charge in [-0.2, -0.15) is 0 Å². The van der Waals surface area contributed by atoms with Gasteiger partial charge in [0.2, 0.25) is 0 Å². The Hall–Kier alpha value is -0.440. The summed E-state index contributed by atoms with van der Waals surface area (Å²) in [6.07, 6.45) is 7.91. The first-order chi connectivity index (χ1) is 12.7. The summed E-state index contributed by atoms with van der Waals surface area (Å²) in [7, 11) is 0. The number of nitrogens with one attached hydrogen (secondary N) is 1. The molecule has 1 rings (SSSR count). The molecule has 0 aliphatic rings. The van der Waals surface area contributed by atoms with Crippen LogP contribution in [0, 0.1) is 0 Å². The summed E-state index contributed by atoms with van der Waals surface area (Å²) in [5.41, 5.74) is 5.17. The Balaban J connectivity index is 0.00000729. The number of hydrogen-bond donors (Lipinski definition) is 1. The van der Waals surface area contributed by atoms with Crippen LogP contribution in [0.2, 0.25) is 0 Å². The molecule has 1 N–H and O–H groups in total. The molecule has 0 unspecified atom stereocenters. The van der Waals surface area contributed by atoms with Gasteiger partial charge in [0.1, 0.15) is 0 Å². The molecule has 1 aromatic carbocycles. The average molecular weight is 551 g/mol. The Morgan fingerprint density at radius 3 is 1.93 bits per heavy atom. The third kappa shape index (κ3) is 8.93. The first kappa shape index (κ1) is 27.6. The van der Waals surface area contributed by atoms with Gasteiger partial charge in [0.25, 0.3) is 0 Å². The van der Waals surface area contributed by atoms with Crippen molar-refractivity contribution in [1.29, 1.82) is 0 Å². The Kier molecular flexibility index (Phi) is 13.5. The molecule has 0 amide bonds. The van der Waals surface area contributed by atoms with Crippen LogP contribution in [0.15, 0.2) is 23.2 Å². The minimum absolute atomic E-state index is 0. The van der Waals surface area contributed by atoms with Crippen molar-refractivity contribution < 1.29 is 25.8 Å². The molecule has 0 aliphatic heterocycles. The van der Waals surface area contributed by atoms with E-state index in [4.69, 9.17) is 4.99 Å². The molecule has 1 aromatic rings. The van der Waals surface area contributed by atoms with E-state index >= 15 is 0 Å². The second-order valence-electron chi connectivity index (χ2n) is 9.11. The first-order valence-electron chi connectivity index (χ1n) is 11.1. The van der Waals surface area contributed by atoms with Crippen molar-refractivity contribution in [3.63, 3.8) is 0 Å². The van der Waals surface area contributed by atoms with Crippen molar-refractivity contribution in [3.05, 3.63) is 29.3 Å². The molecule has 0 aliphatic carbocycles. The molecule has 0 fully saturated rings. The van der Waals surface area contributed by atoms with Crippen LogP contribution in [-0.4, -0.2) is 17.8 Å². The van der Waals surface area contributed by atoms with Gasteiger partial charge in [0, 0.05) is 43.8 Å². The standard InChI is InChI=1S/C25H44N2.Hf/c1-9-10-11-12-13-14-18-26-21(6)25(7,8)27-24-22(19(2)3)16-15-17-23(24)20(4)5;/h15-17,19-20,27H,9-14,18H2,1-8H3;/b26-21+;. The minimum atomic E-state index is -0.142. The predicted octanol–water partition coefficient (Wildman–Crippen LogP) is 7.94. The van der Waals surface area contributed by atoms with E-state index in [1.807, 2.05) is 0 Å². The zero-order chi connectivity index (χ0) is 20.4. The molecule has 0 spiro atoms. The van der Waals surface area contributed by atoms with Gasteiger partial charge in [0.05, 0.1) is 5.54 Å². The number of hydrogen-bond acceptors (Lipinski definition) is 2. The molecule has 0 saturated carbocycles. The normalized spacial score (nSPS) is 12.4. The van der Waals surface area contributed by atoms with Gasteiger partial charge in [-0.25, -0.2) is 0 Å². The van der Waals surface area contributed by atoms with E-state index in [0.29, 0.717) is 11.8 Å². The van der Waals surface area contributed by atoms with Crippen LogP contribution < -0.4 is 5.32 Å². The molecule has 0 bridgehead atoms.